The molecule has 0 atom stereocenters. The summed E-state index contributed by atoms with van der Waals surface area (Å²) in [5.74, 6) is 0.431. The molecule has 0 aliphatic heterocycles. The van der Waals surface area contributed by atoms with E-state index in [0.29, 0.717) is 5.69 Å². The van der Waals surface area contributed by atoms with Crippen LogP contribution in [-0.4, -0.2) is 55.1 Å². The van der Waals surface area contributed by atoms with Gasteiger partial charge in [0, 0.05) is 31.7 Å². The van der Waals surface area contributed by atoms with Crippen molar-refractivity contribution in [3.05, 3.63) is 24.3 Å². The summed E-state index contributed by atoms with van der Waals surface area (Å²) in [7, 11) is -2.34. The Hall–Kier alpha value is -1.93. The summed E-state index contributed by atoms with van der Waals surface area (Å²) >= 11 is 0. The molecule has 1 aromatic rings. The van der Waals surface area contributed by atoms with Gasteiger partial charge in [-0.3, -0.25) is 9.59 Å². The van der Waals surface area contributed by atoms with Gasteiger partial charge >= 0.3 is 0 Å². The molecule has 0 saturated heterocycles. The first-order chi connectivity index (χ1) is 14.2. The second-order valence-corrected chi connectivity index (χ2v) is 10.6. The van der Waals surface area contributed by atoms with Gasteiger partial charge in [0.1, 0.15) is 0 Å². The second-order valence-electron chi connectivity index (χ2n) is 8.58. The Morgan fingerprint density at radius 1 is 1.00 bits per heavy atom. The molecule has 0 radical (unpaired) electrons. The number of rotatable bonds is 8. The average Bonchev–Trinajstić information content (AvgIpc) is 3.53. The number of likely N-dealkylation sites (N-methyl/N-ethyl adjacent to an activating group) is 1. The molecule has 2 saturated carbocycles. The Balaban J connectivity index is 1.66. The molecule has 2 fully saturated rings. The van der Waals surface area contributed by atoms with E-state index in [1.165, 1.54) is 32.5 Å². The molecule has 1 N–H and O–H groups in total. The van der Waals surface area contributed by atoms with Gasteiger partial charge in [-0.15, -0.1) is 0 Å². The van der Waals surface area contributed by atoms with E-state index in [4.69, 9.17) is 0 Å². The molecule has 3 rings (SSSR count). The first-order valence-corrected chi connectivity index (χ1v) is 12.3. The molecule has 1 aromatic carbocycles. The van der Waals surface area contributed by atoms with Gasteiger partial charge in [0.05, 0.1) is 11.4 Å². The highest BCUT2D eigenvalue weighted by Crippen LogP contribution is 2.36. The standard InChI is InChI=1S/C22H33N3O4S/c1-4-17-5-9-19(10-6-17)25(20-11-12-20)22(27)15-24(3)30(28,29)21-13-7-18(8-14-21)23-16(2)26/h7-8,13-14,17,19-20H,4-6,9-12,15H2,1-3H3,(H,23,26). The fraction of sp³-hybridized carbons (Fsp3) is 0.636. The smallest absolute Gasteiger partial charge is 0.243 e. The minimum atomic E-state index is -3.79. The van der Waals surface area contributed by atoms with E-state index in [9.17, 15) is 18.0 Å². The van der Waals surface area contributed by atoms with Crippen molar-refractivity contribution >= 4 is 27.5 Å². The maximum Gasteiger partial charge on any atom is 0.243 e. The van der Waals surface area contributed by atoms with E-state index in [-0.39, 0.29) is 35.3 Å². The van der Waals surface area contributed by atoms with Crippen LogP contribution in [0.15, 0.2) is 29.2 Å². The van der Waals surface area contributed by atoms with Crippen molar-refractivity contribution in [1.82, 2.24) is 9.21 Å². The molecule has 30 heavy (non-hydrogen) atoms. The molecule has 0 aromatic heterocycles. The van der Waals surface area contributed by atoms with Crippen LogP contribution in [0, 0.1) is 5.92 Å². The van der Waals surface area contributed by atoms with Crippen LogP contribution in [0.5, 0.6) is 0 Å². The third kappa shape index (κ3) is 5.40. The lowest BCUT2D eigenvalue weighted by atomic mass is 9.84. The Labute approximate surface area is 179 Å². The monoisotopic (exact) mass is 435 g/mol. The van der Waals surface area contributed by atoms with Crippen LogP contribution >= 0.6 is 0 Å². The minimum absolute atomic E-state index is 0.0987. The maximum atomic E-state index is 13.1. The van der Waals surface area contributed by atoms with Crippen LogP contribution in [0.2, 0.25) is 0 Å². The topological polar surface area (TPSA) is 86.8 Å². The summed E-state index contributed by atoms with van der Waals surface area (Å²) < 4.78 is 27.0. The third-order valence-electron chi connectivity index (χ3n) is 6.26. The number of carbonyl (C=O) groups is 2. The number of nitrogens with zero attached hydrogens (tertiary/aromatic N) is 2. The van der Waals surface area contributed by atoms with Crippen LogP contribution in [0.25, 0.3) is 0 Å². The molecule has 0 heterocycles. The molecule has 0 unspecified atom stereocenters. The van der Waals surface area contributed by atoms with Crippen molar-refractivity contribution in [3.63, 3.8) is 0 Å². The number of hydrogen-bond donors (Lipinski definition) is 1. The SMILES string of the molecule is CCC1CCC(N(C(=O)CN(C)S(=O)(=O)c2ccc(NC(C)=O)cc2)C2CC2)CC1. The molecular formula is C22H33N3O4S. The van der Waals surface area contributed by atoms with Gasteiger partial charge in [-0.05, 0) is 68.7 Å². The van der Waals surface area contributed by atoms with Crippen LogP contribution in [0.1, 0.15) is 58.8 Å². The quantitative estimate of drug-likeness (QED) is 0.679. The molecule has 0 bridgehead atoms. The number of carbonyl (C=O) groups excluding carboxylic acids is 2. The van der Waals surface area contributed by atoms with E-state index in [0.717, 1.165) is 48.7 Å². The van der Waals surface area contributed by atoms with Crippen molar-refractivity contribution in [2.45, 2.75) is 75.8 Å². The Bertz CT molecular complexity index is 857. The van der Waals surface area contributed by atoms with Crippen molar-refractivity contribution in [2.24, 2.45) is 5.92 Å². The van der Waals surface area contributed by atoms with Gasteiger partial charge in [0.25, 0.3) is 0 Å². The molecule has 2 aliphatic carbocycles. The highest BCUT2D eigenvalue weighted by Gasteiger charge is 2.39. The van der Waals surface area contributed by atoms with Gasteiger partial charge < -0.3 is 10.2 Å². The van der Waals surface area contributed by atoms with Gasteiger partial charge in [-0.2, -0.15) is 4.31 Å². The number of anilines is 1. The third-order valence-corrected chi connectivity index (χ3v) is 8.07. The average molecular weight is 436 g/mol. The lowest BCUT2D eigenvalue weighted by Gasteiger charge is -2.37. The van der Waals surface area contributed by atoms with Crippen molar-refractivity contribution in [2.75, 3.05) is 18.9 Å². The molecule has 0 spiro atoms. The van der Waals surface area contributed by atoms with Gasteiger partial charge in [-0.1, -0.05) is 13.3 Å². The van der Waals surface area contributed by atoms with E-state index in [2.05, 4.69) is 12.2 Å². The normalized spacial score (nSPS) is 22.0. The zero-order valence-corrected chi connectivity index (χ0v) is 19.0. The summed E-state index contributed by atoms with van der Waals surface area (Å²) in [4.78, 5) is 26.3. The first kappa shape index (κ1) is 22.7. The number of nitrogens with one attached hydrogen (secondary N) is 1. The lowest BCUT2D eigenvalue weighted by molar-refractivity contribution is -0.135. The van der Waals surface area contributed by atoms with Gasteiger partial charge in [0.2, 0.25) is 21.8 Å². The highest BCUT2D eigenvalue weighted by molar-refractivity contribution is 7.89. The summed E-state index contributed by atoms with van der Waals surface area (Å²) in [5.41, 5.74) is 0.530. The molecule has 166 valence electrons. The zero-order chi connectivity index (χ0) is 21.9. The summed E-state index contributed by atoms with van der Waals surface area (Å²) in [6.45, 7) is 3.46. The summed E-state index contributed by atoms with van der Waals surface area (Å²) in [5, 5.41) is 2.61. The van der Waals surface area contributed by atoms with E-state index in [1.54, 1.807) is 12.1 Å². The molecule has 2 aliphatic rings. The Morgan fingerprint density at radius 3 is 2.00 bits per heavy atom. The minimum Gasteiger partial charge on any atom is -0.336 e. The van der Waals surface area contributed by atoms with Crippen LogP contribution in [-0.2, 0) is 19.6 Å². The predicted molar refractivity (Wildman–Crippen MR) is 116 cm³/mol. The fourth-order valence-electron chi connectivity index (χ4n) is 4.34. The lowest BCUT2D eigenvalue weighted by Crippen LogP contribution is -2.48. The largest absolute Gasteiger partial charge is 0.336 e. The van der Waals surface area contributed by atoms with E-state index in [1.807, 2.05) is 4.90 Å². The fourth-order valence-corrected chi connectivity index (χ4v) is 5.46. The second kappa shape index (κ2) is 9.47. The van der Waals surface area contributed by atoms with Crippen LogP contribution in [0.4, 0.5) is 5.69 Å². The molecular weight excluding hydrogens is 402 g/mol. The van der Waals surface area contributed by atoms with E-state index >= 15 is 0 Å². The van der Waals surface area contributed by atoms with Crippen molar-refractivity contribution < 1.29 is 18.0 Å². The number of benzene rings is 1. The maximum absolute atomic E-state index is 13.1. The molecule has 2 amide bonds. The number of hydrogen-bond acceptors (Lipinski definition) is 4. The summed E-state index contributed by atoms with van der Waals surface area (Å²) in [6, 6.07) is 6.51. The highest BCUT2D eigenvalue weighted by atomic mass is 32.2. The molecule has 8 heteroatoms. The van der Waals surface area contributed by atoms with Gasteiger partial charge in [-0.25, -0.2) is 8.42 Å². The van der Waals surface area contributed by atoms with Crippen molar-refractivity contribution in [3.8, 4) is 0 Å². The Kier molecular flexibility index (Phi) is 7.18. The van der Waals surface area contributed by atoms with Crippen LogP contribution in [0.3, 0.4) is 0 Å². The Morgan fingerprint density at radius 2 is 1.53 bits per heavy atom. The van der Waals surface area contributed by atoms with E-state index < -0.39 is 10.0 Å². The zero-order valence-electron chi connectivity index (χ0n) is 18.1. The van der Waals surface area contributed by atoms with Crippen LogP contribution < -0.4 is 5.32 Å². The first-order valence-electron chi connectivity index (χ1n) is 10.9. The molecule has 7 nitrogen and oxygen atoms in total. The predicted octanol–water partition coefficient (Wildman–Crippen LogP) is 3.23. The summed E-state index contributed by atoms with van der Waals surface area (Å²) in [6.07, 6.45) is 7.54. The number of sulfonamides is 1. The van der Waals surface area contributed by atoms with Gasteiger partial charge in [0.15, 0.2) is 0 Å². The number of amides is 2. The van der Waals surface area contributed by atoms with Crippen molar-refractivity contribution in [1.29, 1.82) is 0 Å².